The summed E-state index contributed by atoms with van der Waals surface area (Å²) in [7, 11) is 3.86. The number of alkyl halides is 3. The van der Waals surface area contributed by atoms with Crippen LogP contribution in [0.1, 0.15) is 16.7 Å². The summed E-state index contributed by atoms with van der Waals surface area (Å²) in [4.78, 5) is 16.6. The summed E-state index contributed by atoms with van der Waals surface area (Å²) in [6, 6.07) is 6.20. The second-order valence-electron chi connectivity index (χ2n) is 11.0. The number of likely N-dealkylation sites (N-methyl/N-ethyl adjacent to an activating group) is 1. The smallest absolute Gasteiger partial charge is 0.418 e. The Balaban J connectivity index is 1.54. The van der Waals surface area contributed by atoms with Crippen LogP contribution in [-0.4, -0.2) is 65.9 Å². The minimum Gasteiger partial charge on any atom is -0.462 e. The molecule has 11 nitrogen and oxygen atoms in total. The lowest BCUT2D eigenvalue weighted by molar-refractivity contribution is -0.154. The van der Waals surface area contributed by atoms with Crippen LogP contribution in [0.3, 0.4) is 0 Å². The Bertz CT molecular complexity index is 1790. The van der Waals surface area contributed by atoms with Gasteiger partial charge in [-0.25, -0.2) is 9.97 Å². The number of ether oxygens (including phenoxy) is 3. The molecule has 1 fully saturated rings. The van der Waals surface area contributed by atoms with E-state index in [-0.39, 0.29) is 64.4 Å². The van der Waals surface area contributed by atoms with E-state index in [0.717, 1.165) is 5.56 Å². The van der Waals surface area contributed by atoms with E-state index in [2.05, 4.69) is 20.3 Å². The number of hydrogen-bond donors (Lipinski definition) is 3. The SMILES string of the molecule is Cc1cc(N)nc(-c2cc3c4c(c2Cl)=NCNC=4N(Cc2cccnc2N)C=C(OCC2(N(C)C)COC2)O3)c1C(F)(F)F. The number of benzene rings is 1. The summed E-state index contributed by atoms with van der Waals surface area (Å²) >= 11 is 6.86. The highest BCUT2D eigenvalue weighted by Crippen LogP contribution is 2.41. The first-order valence-electron chi connectivity index (χ1n) is 13.6. The molecule has 3 aromatic rings. The van der Waals surface area contributed by atoms with Gasteiger partial charge in [0.05, 0.1) is 52.8 Å². The Labute approximate surface area is 255 Å². The van der Waals surface area contributed by atoms with Gasteiger partial charge in [-0.1, -0.05) is 17.7 Å². The number of halogens is 4. The third kappa shape index (κ3) is 5.22. The van der Waals surface area contributed by atoms with Gasteiger partial charge in [-0.2, -0.15) is 13.2 Å². The number of nitrogens with two attached hydrogens (primary N) is 2. The standard InChI is InChI=1S/C29H30ClF3N8O3/c1-15-7-19(34)39-24(22(15)29(31,32)33)17-8-18-21-25(23(17)30)37-14-38-27(21)41(9-16-5-4-6-36-26(16)35)10-20(44-18)43-13-28(40(2)3)11-42-12-28/h4-8,10,38H,9,11-14H2,1-3H3,(H2,34,39)(H2,35,36). The molecule has 0 amide bonds. The molecule has 0 bridgehead atoms. The quantitative estimate of drug-likeness (QED) is 0.357. The van der Waals surface area contributed by atoms with Crippen molar-refractivity contribution in [3.05, 3.63) is 74.9 Å². The monoisotopic (exact) mass is 630 g/mol. The lowest BCUT2D eigenvalue weighted by atomic mass is 9.97. The summed E-state index contributed by atoms with van der Waals surface area (Å²) in [5.74, 6) is 1.05. The summed E-state index contributed by atoms with van der Waals surface area (Å²) < 4.78 is 61.0. The van der Waals surface area contributed by atoms with Crippen LogP contribution in [0.25, 0.3) is 17.1 Å². The third-order valence-corrected chi connectivity index (χ3v) is 8.28. The highest BCUT2D eigenvalue weighted by atomic mass is 35.5. The van der Waals surface area contributed by atoms with Crippen molar-refractivity contribution in [3.63, 3.8) is 0 Å². The van der Waals surface area contributed by atoms with E-state index in [9.17, 15) is 13.2 Å². The molecule has 0 spiro atoms. The Hall–Kier alpha value is -4.27. The van der Waals surface area contributed by atoms with Crippen LogP contribution in [0.5, 0.6) is 5.75 Å². The molecule has 1 aromatic carbocycles. The summed E-state index contributed by atoms with van der Waals surface area (Å²) in [5.41, 5.74) is 10.9. The van der Waals surface area contributed by atoms with Crippen LogP contribution < -0.4 is 32.1 Å². The third-order valence-electron chi connectivity index (χ3n) is 7.90. The van der Waals surface area contributed by atoms with Crippen LogP contribution in [0.2, 0.25) is 5.02 Å². The highest BCUT2D eigenvalue weighted by molar-refractivity contribution is 6.33. The highest BCUT2D eigenvalue weighted by Gasteiger charge is 2.42. The largest absolute Gasteiger partial charge is 0.462 e. The molecule has 232 valence electrons. The molecule has 0 atom stereocenters. The van der Waals surface area contributed by atoms with Crippen molar-refractivity contribution in [1.82, 2.24) is 25.1 Å². The number of nitrogen functional groups attached to an aromatic ring is 2. The molecule has 0 unspecified atom stereocenters. The van der Waals surface area contributed by atoms with Crippen molar-refractivity contribution in [2.24, 2.45) is 4.99 Å². The molecule has 0 radical (unpaired) electrons. The number of rotatable bonds is 7. The Kier molecular flexibility index (Phi) is 7.46. The van der Waals surface area contributed by atoms with Gasteiger partial charge in [0.1, 0.15) is 42.0 Å². The van der Waals surface area contributed by atoms with Gasteiger partial charge in [0.15, 0.2) is 0 Å². The van der Waals surface area contributed by atoms with E-state index < -0.39 is 17.4 Å². The van der Waals surface area contributed by atoms with Crippen molar-refractivity contribution in [1.29, 1.82) is 0 Å². The van der Waals surface area contributed by atoms with E-state index in [1.54, 1.807) is 18.5 Å². The summed E-state index contributed by atoms with van der Waals surface area (Å²) in [6.07, 6.45) is -1.48. The first kappa shape index (κ1) is 29.8. The molecule has 0 saturated carbocycles. The maximum Gasteiger partial charge on any atom is 0.418 e. The van der Waals surface area contributed by atoms with Gasteiger partial charge in [-0.05, 0) is 44.8 Å². The average molecular weight is 631 g/mol. The van der Waals surface area contributed by atoms with Gasteiger partial charge < -0.3 is 35.9 Å². The van der Waals surface area contributed by atoms with Crippen molar-refractivity contribution in [2.45, 2.75) is 25.2 Å². The lowest BCUT2D eigenvalue weighted by Gasteiger charge is -2.45. The van der Waals surface area contributed by atoms with Crippen molar-refractivity contribution in [2.75, 3.05) is 52.1 Å². The zero-order valence-electron chi connectivity index (χ0n) is 24.1. The molecular formula is C29H30ClF3N8O3. The molecule has 5 N–H and O–H groups in total. The molecule has 5 heterocycles. The fourth-order valence-corrected chi connectivity index (χ4v) is 5.63. The lowest BCUT2D eigenvalue weighted by Crippen LogP contribution is -2.62. The van der Waals surface area contributed by atoms with Crippen LogP contribution in [0, 0.1) is 6.92 Å². The molecule has 2 aromatic heterocycles. The number of hydrogen-bond acceptors (Lipinski definition) is 11. The Morgan fingerprint density at radius 1 is 1.23 bits per heavy atom. The first-order chi connectivity index (χ1) is 20.9. The molecule has 3 aliphatic heterocycles. The van der Waals surface area contributed by atoms with E-state index in [1.165, 1.54) is 19.1 Å². The number of pyridine rings is 2. The second-order valence-corrected chi connectivity index (χ2v) is 11.4. The zero-order chi connectivity index (χ0) is 31.4. The zero-order valence-corrected chi connectivity index (χ0v) is 24.9. The van der Waals surface area contributed by atoms with E-state index in [1.807, 2.05) is 30.0 Å². The van der Waals surface area contributed by atoms with Crippen LogP contribution in [-0.2, 0) is 22.2 Å². The van der Waals surface area contributed by atoms with Crippen molar-refractivity contribution >= 4 is 29.1 Å². The van der Waals surface area contributed by atoms with Gasteiger partial charge >= 0.3 is 12.1 Å². The van der Waals surface area contributed by atoms with Crippen molar-refractivity contribution in [3.8, 4) is 17.0 Å². The molecule has 0 aliphatic carbocycles. The number of nitrogens with zero attached hydrogens (tertiary/aromatic N) is 5. The molecule has 1 saturated heterocycles. The fraction of sp³-hybridized carbons (Fsp3) is 0.345. The van der Waals surface area contributed by atoms with Crippen LogP contribution in [0.4, 0.5) is 24.8 Å². The van der Waals surface area contributed by atoms with Crippen LogP contribution in [0.15, 0.2) is 47.6 Å². The molecular weight excluding hydrogens is 601 g/mol. The number of aryl methyl sites for hydroxylation is 1. The van der Waals surface area contributed by atoms with Crippen LogP contribution >= 0.6 is 11.6 Å². The van der Waals surface area contributed by atoms with Gasteiger partial charge in [0, 0.05) is 17.3 Å². The first-order valence-corrected chi connectivity index (χ1v) is 14.0. The molecule has 44 heavy (non-hydrogen) atoms. The summed E-state index contributed by atoms with van der Waals surface area (Å²) in [5, 5.41) is 3.89. The van der Waals surface area contributed by atoms with E-state index >= 15 is 0 Å². The number of nitrogens with one attached hydrogen (secondary N) is 1. The van der Waals surface area contributed by atoms with E-state index in [4.69, 9.17) is 37.3 Å². The summed E-state index contributed by atoms with van der Waals surface area (Å²) in [6.45, 7) is 2.81. The topological polar surface area (TPSA) is 136 Å². The Morgan fingerprint density at radius 3 is 2.66 bits per heavy atom. The predicted octanol–water partition coefficient (Wildman–Crippen LogP) is 2.58. The van der Waals surface area contributed by atoms with Gasteiger partial charge in [-0.15, -0.1) is 0 Å². The minimum absolute atomic E-state index is 0.0299. The van der Waals surface area contributed by atoms with Gasteiger partial charge in [-0.3, -0.25) is 9.89 Å². The average Bonchev–Trinajstić information content (AvgIpc) is 3.07. The Morgan fingerprint density at radius 2 is 2.00 bits per heavy atom. The van der Waals surface area contributed by atoms with Gasteiger partial charge in [0.25, 0.3) is 0 Å². The number of aromatic nitrogens is 2. The van der Waals surface area contributed by atoms with E-state index in [0.29, 0.717) is 30.1 Å². The maximum absolute atomic E-state index is 14.3. The fourth-order valence-electron chi connectivity index (χ4n) is 5.33. The molecule has 6 rings (SSSR count). The van der Waals surface area contributed by atoms with Gasteiger partial charge in [0.2, 0.25) is 0 Å². The normalized spacial score (nSPS) is 17.0. The second kappa shape index (κ2) is 11.0. The maximum atomic E-state index is 14.3. The van der Waals surface area contributed by atoms with Crippen molar-refractivity contribution < 1.29 is 27.4 Å². The molecule has 3 aliphatic rings. The predicted molar refractivity (Wildman–Crippen MR) is 157 cm³/mol. The minimum atomic E-state index is -4.73. The number of anilines is 2. The molecule has 15 heteroatoms.